The summed E-state index contributed by atoms with van der Waals surface area (Å²) in [5, 5.41) is 8.44. The average Bonchev–Trinajstić information content (AvgIpc) is 2.78. The maximum atomic E-state index is 13.1. The van der Waals surface area contributed by atoms with Gasteiger partial charge >= 0.3 is 0 Å². The first-order valence-electron chi connectivity index (χ1n) is 10.5. The first-order valence-corrected chi connectivity index (χ1v) is 10.5. The minimum absolute atomic E-state index is 0.142. The van der Waals surface area contributed by atoms with Gasteiger partial charge in [-0.05, 0) is 49.2 Å². The predicted molar refractivity (Wildman–Crippen MR) is 127 cm³/mol. The molecule has 6 nitrogen and oxygen atoms in total. The molecule has 164 valence electrons. The summed E-state index contributed by atoms with van der Waals surface area (Å²) >= 11 is 0. The van der Waals surface area contributed by atoms with E-state index >= 15 is 0 Å². The van der Waals surface area contributed by atoms with Crippen molar-refractivity contribution in [3.05, 3.63) is 95.6 Å². The molecule has 0 spiro atoms. The molecule has 0 aromatic heterocycles. The highest BCUT2D eigenvalue weighted by Crippen LogP contribution is 2.18. The SMILES string of the molecule is Cc1ccc(C(=O)Nc2ccccc2C(=O)N[C@H](C(=O)Nc2ccccc2)C(C)C)cc1. The smallest absolute Gasteiger partial charge is 0.255 e. The molecule has 0 saturated carbocycles. The van der Waals surface area contributed by atoms with E-state index in [1.807, 2.05) is 51.1 Å². The van der Waals surface area contributed by atoms with Crippen molar-refractivity contribution in [2.24, 2.45) is 5.92 Å². The van der Waals surface area contributed by atoms with Crippen LogP contribution in [0, 0.1) is 12.8 Å². The van der Waals surface area contributed by atoms with Crippen LogP contribution in [-0.2, 0) is 4.79 Å². The standard InChI is InChI=1S/C26H27N3O3/c1-17(2)23(26(32)27-20-9-5-4-6-10-20)29-25(31)21-11-7-8-12-22(21)28-24(30)19-15-13-18(3)14-16-19/h4-17,23H,1-3H3,(H,27,32)(H,28,30)(H,29,31)/t23-/m0/s1. The third-order valence-corrected chi connectivity index (χ3v) is 5.01. The quantitative estimate of drug-likeness (QED) is 0.511. The molecule has 1 atom stereocenters. The zero-order chi connectivity index (χ0) is 23.1. The van der Waals surface area contributed by atoms with E-state index < -0.39 is 11.9 Å². The molecule has 0 aliphatic carbocycles. The molecule has 0 aliphatic rings. The first-order chi connectivity index (χ1) is 15.3. The summed E-state index contributed by atoms with van der Waals surface area (Å²) in [5.41, 5.74) is 2.86. The molecule has 3 N–H and O–H groups in total. The zero-order valence-electron chi connectivity index (χ0n) is 18.4. The van der Waals surface area contributed by atoms with Crippen LogP contribution in [-0.4, -0.2) is 23.8 Å². The third-order valence-electron chi connectivity index (χ3n) is 5.01. The Morgan fingerprint density at radius 1 is 0.719 bits per heavy atom. The fourth-order valence-corrected chi connectivity index (χ4v) is 3.18. The fourth-order valence-electron chi connectivity index (χ4n) is 3.18. The fraction of sp³-hybridized carbons (Fsp3) is 0.192. The van der Waals surface area contributed by atoms with Gasteiger partial charge in [-0.25, -0.2) is 0 Å². The molecule has 0 fully saturated rings. The van der Waals surface area contributed by atoms with Gasteiger partial charge in [-0.1, -0.05) is 61.9 Å². The number of amides is 3. The topological polar surface area (TPSA) is 87.3 Å². The normalized spacial score (nSPS) is 11.5. The van der Waals surface area contributed by atoms with Crippen molar-refractivity contribution in [2.75, 3.05) is 10.6 Å². The van der Waals surface area contributed by atoms with E-state index in [4.69, 9.17) is 0 Å². The van der Waals surface area contributed by atoms with Crippen LogP contribution in [0.4, 0.5) is 11.4 Å². The van der Waals surface area contributed by atoms with Gasteiger partial charge in [0.1, 0.15) is 6.04 Å². The van der Waals surface area contributed by atoms with E-state index in [2.05, 4.69) is 16.0 Å². The van der Waals surface area contributed by atoms with Crippen molar-refractivity contribution < 1.29 is 14.4 Å². The molecule has 3 rings (SSSR count). The number of para-hydroxylation sites is 2. The van der Waals surface area contributed by atoms with Crippen LogP contribution in [0.15, 0.2) is 78.9 Å². The summed E-state index contributed by atoms with van der Waals surface area (Å²) in [6.45, 7) is 5.67. The second-order valence-electron chi connectivity index (χ2n) is 7.92. The Bertz CT molecular complexity index is 1090. The van der Waals surface area contributed by atoms with Gasteiger partial charge in [0.15, 0.2) is 0 Å². The van der Waals surface area contributed by atoms with Gasteiger partial charge in [-0.15, -0.1) is 0 Å². The van der Waals surface area contributed by atoms with E-state index in [0.29, 0.717) is 16.9 Å². The number of hydrogen-bond acceptors (Lipinski definition) is 3. The van der Waals surface area contributed by atoms with Crippen LogP contribution in [0.5, 0.6) is 0 Å². The van der Waals surface area contributed by atoms with Crippen molar-refractivity contribution in [1.29, 1.82) is 0 Å². The second-order valence-corrected chi connectivity index (χ2v) is 7.92. The molecule has 0 radical (unpaired) electrons. The van der Waals surface area contributed by atoms with Gasteiger partial charge in [-0.2, -0.15) is 0 Å². The summed E-state index contributed by atoms with van der Waals surface area (Å²) < 4.78 is 0. The molecule has 3 aromatic carbocycles. The van der Waals surface area contributed by atoms with Crippen molar-refractivity contribution in [3.8, 4) is 0 Å². The second kappa shape index (κ2) is 10.4. The molecule has 0 aliphatic heterocycles. The van der Waals surface area contributed by atoms with Gasteiger partial charge in [0.25, 0.3) is 11.8 Å². The van der Waals surface area contributed by atoms with E-state index in [1.54, 1.807) is 48.5 Å². The monoisotopic (exact) mass is 429 g/mol. The van der Waals surface area contributed by atoms with Crippen LogP contribution < -0.4 is 16.0 Å². The average molecular weight is 430 g/mol. The highest BCUT2D eigenvalue weighted by atomic mass is 16.2. The van der Waals surface area contributed by atoms with E-state index in [1.165, 1.54) is 0 Å². The molecule has 0 heterocycles. The Balaban J connectivity index is 1.75. The van der Waals surface area contributed by atoms with Gasteiger partial charge in [0.2, 0.25) is 5.91 Å². The van der Waals surface area contributed by atoms with Gasteiger partial charge in [0.05, 0.1) is 11.3 Å². The lowest BCUT2D eigenvalue weighted by Crippen LogP contribution is -2.47. The minimum Gasteiger partial charge on any atom is -0.340 e. The third kappa shape index (κ3) is 5.82. The summed E-state index contributed by atoms with van der Waals surface area (Å²) in [6, 6.07) is 22.2. The number of anilines is 2. The number of nitrogens with one attached hydrogen (secondary N) is 3. The molecule has 0 unspecified atom stereocenters. The number of rotatable bonds is 7. The molecule has 3 amide bonds. The highest BCUT2D eigenvalue weighted by molar-refractivity contribution is 6.10. The van der Waals surface area contributed by atoms with Crippen LogP contribution >= 0.6 is 0 Å². The Hall–Kier alpha value is -3.93. The van der Waals surface area contributed by atoms with Crippen molar-refractivity contribution in [3.63, 3.8) is 0 Å². The first kappa shape index (κ1) is 22.7. The molecule has 6 heteroatoms. The molecule has 3 aromatic rings. The van der Waals surface area contributed by atoms with Gasteiger partial charge in [-0.3, -0.25) is 14.4 Å². The largest absolute Gasteiger partial charge is 0.340 e. The summed E-state index contributed by atoms with van der Waals surface area (Å²) in [7, 11) is 0. The number of aryl methyl sites for hydroxylation is 1. The van der Waals surface area contributed by atoms with Gasteiger partial charge in [0, 0.05) is 11.3 Å². The summed E-state index contributed by atoms with van der Waals surface area (Å²) in [5.74, 6) is -1.20. The van der Waals surface area contributed by atoms with Crippen molar-refractivity contribution in [2.45, 2.75) is 26.8 Å². The van der Waals surface area contributed by atoms with E-state index in [0.717, 1.165) is 5.56 Å². The molecule has 32 heavy (non-hydrogen) atoms. The molecular weight excluding hydrogens is 402 g/mol. The molecule has 0 bridgehead atoms. The Morgan fingerprint density at radius 3 is 2.00 bits per heavy atom. The molecule has 0 saturated heterocycles. The Kier molecular flexibility index (Phi) is 7.39. The van der Waals surface area contributed by atoms with E-state index in [-0.39, 0.29) is 23.3 Å². The number of hydrogen-bond donors (Lipinski definition) is 3. The zero-order valence-corrected chi connectivity index (χ0v) is 18.4. The van der Waals surface area contributed by atoms with Crippen LogP contribution in [0.25, 0.3) is 0 Å². The predicted octanol–water partition coefficient (Wildman–Crippen LogP) is 4.64. The molecular formula is C26H27N3O3. The highest BCUT2D eigenvalue weighted by Gasteiger charge is 2.26. The maximum absolute atomic E-state index is 13.1. The maximum Gasteiger partial charge on any atom is 0.255 e. The Morgan fingerprint density at radius 2 is 1.34 bits per heavy atom. The summed E-state index contributed by atoms with van der Waals surface area (Å²) in [4.78, 5) is 38.5. The van der Waals surface area contributed by atoms with Crippen molar-refractivity contribution >= 4 is 29.1 Å². The summed E-state index contributed by atoms with van der Waals surface area (Å²) in [6.07, 6.45) is 0. The van der Waals surface area contributed by atoms with E-state index in [9.17, 15) is 14.4 Å². The van der Waals surface area contributed by atoms with Crippen LogP contribution in [0.1, 0.15) is 40.1 Å². The number of carbonyl (C=O) groups is 3. The van der Waals surface area contributed by atoms with Crippen molar-refractivity contribution in [1.82, 2.24) is 5.32 Å². The lowest BCUT2D eigenvalue weighted by atomic mass is 10.0. The van der Waals surface area contributed by atoms with Crippen LogP contribution in [0.3, 0.4) is 0 Å². The minimum atomic E-state index is -0.747. The Labute approximate surface area is 188 Å². The van der Waals surface area contributed by atoms with Gasteiger partial charge < -0.3 is 16.0 Å². The lowest BCUT2D eigenvalue weighted by molar-refractivity contribution is -0.118. The van der Waals surface area contributed by atoms with Crippen LogP contribution in [0.2, 0.25) is 0 Å². The number of benzene rings is 3. The number of carbonyl (C=O) groups excluding carboxylic acids is 3. The lowest BCUT2D eigenvalue weighted by Gasteiger charge is -2.22.